The topological polar surface area (TPSA) is 64.5 Å². The maximum atomic E-state index is 5.48. The fourth-order valence-corrected chi connectivity index (χ4v) is 1.78. The first kappa shape index (κ1) is 17.2. The van der Waals surface area contributed by atoms with Crippen molar-refractivity contribution in [3.05, 3.63) is 0 Å². The first-order valence-electron chi connectivity index (χ1n) is 6.94. The molecule has 18 heavy (non-hydrogen) atoms. The van der Waals surface area contributed by atoms with E-state index in [1.807, 2.05) is 7.05 Å². The zero-order chi connectivity index (χ0) is 13.6. The van der Waals surface area contributed by atoms with Gasteiger partial charge < -0.3 is 15.0 Å². The highest BCUT2D eigenvalue weighted by Gasteiger charge is 1.98. The van der Waals surface area contributed by atoms with E-state index in [0.717, 1.165) is 19.5 Å². The van der Waals surface area contributed by atoms with Crippen molar-refractivity contribution in [3.8, 4) is 0 Å². The van der Waals surface area contributed by atoms with Gasteiger partial charge in [0.25, 0.3) is 0 Å². The maximum absolute atomic E-state index is 5.48. The molecule has 0 fully saturated rings. The molecule has 0 rings (SSSR count). The second-order valence-electron chi connectivity index (χ2n) is 4.67. The summed E-state index contributed by atoms with van der Waals surface area (Å²) in [4.78, 5) is 5.43. The molecule has 0 aromatic carbocycles. The van der Waals surface area contributed by atoms with Crippen molar-refractivity contribution >= 4 is 6.02 Å². The van der Waals surface area contributed by atoms with Gasteiger partial charge in [-0.3, -0.25) is 5.73 Å². The van der Waals surface area contributed by atoms with Crippen LogP contribution in [0.4, 0.5) is 0 Å². The molecule has 0 radical (unpaired) electrons. The Bertz CT molecular complexity index is 209. The van der Waals surface area contributed by atoms with Crippen molar-refractivity contribution in [2.45, 2.75) is 32.1 Å². The van der Waals surface area contributed by atoms with Gasteiger partial charge in [-0.2, -0.15) is 0 Å². The molecule has 0 spiro atoms. The van der Waals surface area contributed by atoms with Gasteiger partial charge in [-0.05, 0) is 59.4 Å². The minimum atomic E-state index is 0.416. The summed E-state index contributed by atoms with van der Waals surface area (Å²) in [6.07, 6.45) is 6.18. The fraction of sp³-hybridized carbons (Fsp3) is 0.923. The number of rotatable bonds is 11. The lowest BCUT2D eigenvalue weighted by molar-refractivity contribution is -0.468. The number of nitrogens with zero attached hydrogens (tertiary/aromatic N) is 1. The number of unbranched alkanes of at least 4 members (excludes halogenated alkanes) is 3. The monoisotopic (exact) mass is 259 g/mol. The first-order valence-corrected chi connectivity index (χ1v) is 6.94. The number of nitrogens with one attached hydrogen (secondary N) is 2. The van der Waals surface area contributed by atoms with Crippen molar-refractivity contribution in [1.82, 2.24) is 10.2 Å². The van der Waals surface area contributed by atoms with E-state index in [0.29, 0.717) is 6.02 Å². The Morgan fingerprint density at radius 1 is 1.17 bits per heavy atom. The molecular formula is C13H31N4O+. The van der Waals surface area contributed by atoms with Crippen LogP contribution >= 0.6 is 0 Å². The van der Waals surface area contributed by atoms with Crippen molar-refractivity contribution in [3.63, 3.8) is 0 Å². The van der Waals surface area contributed by atoms with Gasteiger partial charge in [0.2, 0.25) is 0 Å². The van der Waals surface area contributed by atoms with Crippen LogP contribution < -0.4 is 16.0 Å². The van der Waals surface area contributed by atoms with E-state index in [1.165, 1.54) is 38.8 Å². The molecule has 5 nitrogen and oxygen atoms in total. The van der Waals surface area contributed by atoms with Gasteiger partial charge in [0.15, 0.2) is 0 Å². The highest BCUT2D eigenvalue weighted by Crippen LogP contribution is 2.00. The third kappa shape index (κ3) is 11.7. The molecule has 0 aliphatic heterocycles. The molecule has 0 aliphatic rings. The fourth-order valence-electron chi connectivity index (χ4n) is 1.78. The number of amidine groups is 1. The van der Waals surface area contributed by atoms with E-state index in [1.54, 1.807) is 7.11 Å². The smallest absolute Gasteiger partial charge is 0.435 e. The average Bonchev–Trinajstić information content (AvgIpc) is 2.37. The number of ether oxygens (including phenoxy) is 1. The Morgan fingerprint density at radius 2 is 1.83 bits per heavy atom. The van der Waals surface area contributed by atoms with E-state index in [9.17, 15) is 0 Å². The Balaban J connectivity index is 3.24. The quantitative estimate of drug-likeness (QED) is 0.256. The summed E-state index contributed by atoms with van der Waals surface area (Å²) in [5.41, 5.74) is 5.48. The van der Waals surface area contributed by atoms with Crippen LogP contribution in [-0.2, 0) is 4.74 Å². The van der Waals surface area contributed by atoms with Crippen molar-refractivity contribution in [1.29, 1.82) is 0 Å². The molecule has 0 aromatic heterocycles. The second kappa shape index (κ2) is 12.6. The Kier molecular flexibility index (Phi) is 12.1. The van der Waals surface area contributed by atoms with Gasteiger partial charge in [-0.15, -0.1) is 0 Å². The zero-order valence-corrected chi connectivity index (χ0v) is 12.3. The summed E-state index contributed by atoms with van der Waals surface area (Å²) in [5.74, 6) is 0. The van der Waals surface area contributed by atoms with Crippen LogP contribution in [0, 0.1) is 0 Å². The van der Waals surface area contributed by atoms with Crippen LogP contribution in [0.3, 0.4) is 0 Å². The molecule has 0 aliphatic carbocycles. The molecule has 0 amide bonds. The molecule has 0 bridgehead atoms. The summed E-state index contributed by atoms with van der Waals surface area (Å²) in [5, 5.41) is 3.17. The minimum Gasteiger partial charge on any atom is -0.435 e. The molecule has 0 unspecified atom stereocenters. The summed E-state index contributed by atoms with van der Waals surface area (Å²) in [7, 11) is 5.78. The highest BCUT2D eigenvalue weighted by atomic mass is 16.5. The first-order chi connectivity index (χ1) is 8.70. The molecule has 0 heterocycles. The van der Waals surface area contributed by atoms with Crippen LogP contribution in [0.15, 0.2) is 0 Å². The zero-order valence-electron chi connectivity index (χ0n) is 12.3. The normalized spacial score (nSPS) is 12.1. The van der Waals surface area contributed by atoms with Crippen LogP contribution in [0.2, 0.25) is 0 Å². The summed E-state index contributed by atoms with van der Waals surface area (Å²) >= 11 is 0. The number of methoxy groups -OCH3 is 1. The molecule has 0 atom stereocenters. The minimum absolute atomic E-state index is 0.416. The predicted octanol–water partition coefficient (Wildman–Crippen LogP) is -0.870. The lowest BCUT2D eigenvalue weighted by Gasteiger charge is -2.15. The van der Waals surface area contributed by atoms with Gasteiger partial charge in [-0.1, -0.05) is 6.42 Å². The van der Waals surface area contributed by atoms with Crippen molar-refractivity contribution < 1.29 is 9.73 Å². The van der Waals surface area contributed by atoms with E-state index in [-0.39, 0.29) is 0 Å². The molecule has 108 valence electrons. The van der Waals surface area contributed by atoms with Crippen molar-refractivity contribution in [2.24, 2.45) is 5.73 Å². The van der Waals surface area contributed by atoms with Gasteiger partial charge in [0.1, 0.15) is 0 Å². The van der Waals surface area contributed by atoms with Gasteiger partial charge in [0.05, 0.1) is 13.7 Å². The molecule has 0 saturated carbocycles. The van der Waals surface area contributed by atoms with Crippen LogP contribution in [0.5, 0.6) is 0 Å². The lowest BCUT2D eigenvalue weighted by Crippen LogP contribution is -2.75. The number of hydrogen-bond donors (Lipinski definition) is 3. The van der Waals surface area contributed by atoms with Crippen molar-refractivity contribution in [2.75, 3.05) is 47.4 Å². The standard InChI is InChI=1S/C13H30N4O/c1-15-9-8-12-17(2)11-7-5-4-6-10-16-13(14)18-3/h15H,4-12H2,1-3H3,(H2,14,16)/p+1. The van der Waals surface area contributed by atoms with Crippen LogP contribution in [-0.4, -0.2) is 58.3 Å². The van der Waals surface area contributed by atoms with E-state index >= 15 is 0 Å². The number of hydrogen-bond acceptors (Lipinski definition) is 3. The molecular weight excluding hydrogens is 228 g/mol. The van der Waals surface area contributed by atoms with E-state index < -0.39 is 0 Å². The number of nitrogens with two attached hydrogens (primary N) is 1. The Morgan fingerprint density at radius 3 is 2.50 bits per heavy atom. The van der Waals surface area contributed by atoms with Gasteiger partial charge >= 0.3 is 6.02 Å². The lowest BCUT2D eigenvalue weighted by atomic mass is 10.2. The summed E-state index contributed by atoms with van der Waals surface area (Å²) in [6, 6.07) is 0.416. The molecule has 0 aromatic rings. The second-order valence-corrected chi connectivity index (χ2v) is 4.67. The summed E-state index contributed by atoms with van der Waals surface area (Å²) < 4.78 is 4.83. The highest BCUT2D eigenvalue weighted by molar-refractivity contribution is 5.64. The van der Waals surface area contributed by atoms with Gasteiger partial charge in [0, 0.05) is 0 Å². The third-order valence-corrected chi connectivity index (χ3v) is 2.95. The molecule has 4 N–H and O–H groups in total. The van der Waals surface area contributed by atoms with E-state index in [4.69, 9.17) is 10.5 Å². The Labute approximate surface area is 112 Å². The maximum Gasteiger partial charge on any atom is 0.439 e. The Hall–Kier alpha value is -0.810. The SMILES string of the molecule is CNCCCN(C)CCCCCC[NH+]=C(N)OC. The van der Waals surface area contributed by atoms with Gasteiger partial charge in [-0.25, -0.2) is 4.99 Å². The van der Waals surface area contributed by atoms with Crippen LogP contribution in [0.1, 0.15) is 32.1 Å². The van der Waals surface area contributed by atoms with Crippen LogP contribution in [0.25, 0.3) is 0 Å². The molecule has 0 saturated heterocycles. The largest absolute Gasteiger partial charge is 0.439 e. The average molecular weight is 259 g/mol. The predicted molar refractivity (Wildman–Crippen MR) is 76.5 cm³/mol. The third-order valence-electron chi connectivity index (χ3n) is 2.95. The van der Waals surface area contributed by atoms with E-state index in [2.05, 4.69) is 22.3 Å². The molecule has 5 heteroatoms. The summed E-state index contributed by atoms with van der Waals surface area (Å²) in [6.45, 7) is 4.39.